The van der Waals surface area contributed by atoms with Crippen molar-refractivity contribution in [2.75, 3.05) is 18.9 Å². The average molecular weight is 350 g/mol. The van der Waals surface area contributed by atoms with Gasteiger partial charge in [-0.1, -0.05) is 18.2 Å². The molecule has 0 bridgehead atoms. The van der Waals surface area contributed by atoms with Crippen molar-refractivity contribution in [1.29, 1.82) is 0 Å². The van der Waals surface area contributed by atoms with Crippen LogP contribution >= 0.6 is 11.8 Å². The summed E-state index contributed by atoms with van der Waals surface area (Å²) in [7, 11) is 0. The first-order chi connectivity index (χ1) is 10.8. The van der Waals surface area contributed by atoms with Crippen LogP contribution in [-0.2, 0) is 14.3 Å². The average Bonchev–Trinajstić information content (AvgIpc) is 2.49. The molecule has 0 aliphatic heterocycles. The van der Waals surface area contributed by atoms with Gasteiger partial charge in [-0.2, -0.15) is 13.2 Å². The van der Waals surface area contributed by atoms with Gasteiger partial charge in [0, 0.05) is 4.90 Å². The largest absolute Gasteiger partial charge is 0.455 e. The first kappa shape index (κ1) is 18.8. The molecule has 0 radical (unpaired) electrons. The minimum absolute atomic E-state index is 0.0441. The molecule has 0 saturated carbocycles. The van der Waals surface area contributed by atoms with E-state index in [2.05, 4.69) is 4.74 Å². The van der Waals surface area contributed by atoms with Crippen LogP contribution in [0.4, 0.5) is 18.0 Å². The highest BCUT2D eigenvalue weighted by Gasteiger charge is 2.28. The Labute approximate surface area is 133 Å². The second kappa shape index (κ2) is 9.03. The molecule has 126 valence electrons. The summed E-state index contributed by atoms with van der Waals surface area (Å²) in [6.07, 6.45) is -4.58. The second-order valence-corrected chi connectivity index (χ2v) is 5.16. The van der Waals surface area contributed by atoms with E-state index in [1.165, 1.54) is 17.1 Å². The van der Waals surface area contributed by atoms with Crippen LogP contribution in [0.5, 0.6) is 0 Å². The minimum atomic E-state index is -4.58. The summed E-state index contributed by atoms with van der Waals surface area (Å²) in [6, 6.07) is 7.66. The molecule has 0 spiro atoms. The quantitative estimate of drug-likeness (QED) is 0.603. The van der Waals surface area contributed by atoms with Gasteiger partial charge in [0.15, 0.2) is 6.61 Å². The Morgan fingerprint density at radius 2 is 1.78 bits per heavy atom. The van der Waals surface area contributed by atoms with Gasteiger partial charge in [-0.05, 0) is 12.1 Å². The fourth-order valence-corrected chi connectivity index (χ4v) is 1.95. The van der Waals surface area contributed by atoms with Crippen LogP contribution in [0, 0.1) is 0 Å². The highest BCUT2D eigenvalue weighted by atomic mass is 32.2. The number of alkyl halides is 3. The molecule has 0 saturated heterocycles. The molecule has 0 aliphatic rings. The van der Waals surface area contributed by atoms with Gasteiger partial charge < -0.3 is 10.1 Å². The zero-order valence-corrected chi connectivity index (χ0v) is 12.5. The van der Waals surface area contributed by atoms with E-state index in [9.17, 15) is 27.6 Å². The number of urea groups is 1. The van der Waals surface area contributed by atoms with Gasteiger partial charge in [0.1, 0.15) is 6.54 Å². The third-order valence-corrected chi connectivity index (χ3v) is 3.15. The minimum Gasteiger partial charge on any atom is -0.455 e. The predicted molar refractivity (Wildman–Crippen MR) is 75.7 cm³/mol. The Balaban J connectivity index is 2.19. The first-order valence-corrected chi connectivity index (χ1v) is 7.23. The highest BCUT2D eigenvalue weighted by Crippen LogP contribution is 2.16. The van der Waals surface area contributed by atoms with Crippen LogP contribution in [-0.4, -0.2) is 43.0 Å². The maximum Gasteiger partial charge on any atom is 0.405 e. The molecule has 2 N–H and O–H groups in total. The molecule has 1 rings (SSSR count). The lowest BCUT2D eigenvalue weighted by molar-refractivity contribution is -0.145. The fraction of sp³-hybridized carbons (Fsp3) is 0.308. The zero-order chi connectivity index (χ0) is 17.3. The van der Waals surface area contributed by atoms with Crippen molar-refractivity contribution >= 4 is 29.7 Å². The number of thioether (sulfide) groups is 1. The van der Waals surface area contributed by atoms with Crippen LogP contribution in [0.2, 0.25) is 0 Å². The third kappa shape index (κ3) is 9.40. The molecule has 0 fully saturated rings. The van der Waals surface area contributed by atoms with Gasteiger partial charge in [0.25, 0.3) is 5.91 Å². The van der Waals surface area contributed by atoms with Gasteiger partial charge in [-0.25, -0.2) is 4.79 Å². The van der Waals surface area contributed by atoms with Crippen molar-refractivity contribution in [2.45, 2.75) is 11.1 Å². The SMILES string of the molecule is O=C(COC(=O)CSc1ccccc1)NC(=O)NCC(F)(F)F. The molecule has 0 aliphatic carbocycles. The number of amides is 3. The Hall–Kier alpha value is -2.23. The van der Waals surface area contributed by atoms with E-state index in [4.69, 9.17) is 0 Å². The predicted octanol–water partition coefficient (Wildman–Crippen LogP) is 1.71. The lowest BCUT2D eigenvalue weighted by Gasteiger charge is -2.09. The summed E-state index contributed by atoms with van der Waals surface area (Å²) < 4.78 is 40.1. The monoisotopic (exact) mass is 350 g/mol. The van der Waals surface area contributed by atoms with Crippen molar-refractivity contribution in [1.82, 2.24) is 10.6 Å². The molecular weight excluding hydrogens is 337 g/mol. The molecule has 0 atom stereocenters. The van der Waals surface area contributed by atoms with E-state index in [1.54, 1.807) is 29.6 Å². The molecular formula is C13H13F3N2O4S. The standard InChI is InChI=1S/C13H13F3N2O4S/c14-13(15,16)8-17-12(21)18-10(19)6-22-11(20)7-23-9-4-2-1-3-5-9/h1-5H,6-8H2,(H2,17,18,19,21). The Kier molecular flexibility index (Phi) is 7.39. The topological polar surface area (TPSA) is 84.5 Å². The van der Waals surface area contributed by atoms with Gasteiger partial charge in [0.2, 0.25) is 0 Å². The molecule has 10 heteroatoms. The lowest BCUT2D eigenvalue weighted by Crippen LogP contribution is -2.44. The Morgan fingerprint density at radius 1 is 1.13 bits per heavy atom. The second-order valence-electron chi connectivity index (χ2n) is 4.11. The summed E-state index contributed by atoms with van der Waals surface area (Å²) in [5, 5.41) is 3.06. The van der Waals surface area contributed by atoms with Crippen molar-refractivity contribution in [3.05, 3.63) is 30.3 Å². The number of nitrogens with one attached hydrogen (secondary N) is 2. The maximum absolute atomic E-state index is 11.8. The molecule has 0 unspecified atom stereocenters. The zero-order valence-electron chi connectivity index (χ0n) is 11.7. The highest BCUT2D eigenvalue weighted by molar-refractivity contribution is 8.00. The normalized spacial score (nSPS) is 10.7. The summed E-state index contributed by atoms with van der Waals surface area (Å²) in [6.45, 7) is -2.33. The molecule has 3 amide bonds. The summed E-state index contributed by atoms with van der Waals surface area (Å²) in [5.74, 6) is -1.76. The maximum atomic E-state index is 11.8. The molecule has 23 heavy (non-hydrogen) atoms. The van der Waals surface area contributed by atoms with Crippen molar-refractivity contribution in [3.8, 4) is 0 Å². The number of carbonyl (C=O) groups is 3. The molecule has 0 aromatic heterocycles. The molecule has 1 aromatic rings. The fourth-order valence-electron chi connectivity index (χ4n) is 1.23. The van der Waals surface area contributed by atoms with Crippen LogP contribution in [0.3, 0.4) is 0 Å². The van der Waals surface area contributed by atoms with E-state index >= 15 is 0 Å². The van der Waals surface area contributed by atoms with E-state index < -0.39 is 37.2 Å². The summed E-state index contributed by atoms with van der Waals surface area (Å²) in [4.78, 5) is 34.4. The smallest absolute Gasteiger partial charge is 0.405 e. The van der Waals surface area contributed by atoms with Gasteiger partial charge in [0.05, 0.1) is 5.75 Å². The molecule has 6 nitrogen and oxygen atoms in total. The van der Waals surface area contributed by atoms with Crippen LogP contribution in [0.1, 0.15) is 0 Å². The first-order valence-electron chi connectivity index (χ1n) is 6.24. The van der Waals surface area contributed by atoms with Gasteiger partial charge in [-0.15, -0.1) is 11.8 Å². The Bertz CT molecular complexity index is 552. The number of halogens is 3. The Morgan fingerprint density at radius 3 is 2.39 bits per heavy atom. The number of rotatable bonds is 6. The lowest BCUT2D eigenvalue weighted by atomic mass is 10.4. The van der Waals surface area contributed by atoms with E-state index in [1.807, 2.05) is 6.07 Å². The van der Waals surface area contributed by atoms with Crippen LogP contribution in [0.25, 0.3) is 0 Å². The van der Waals surface area contributed by atoms with E-state index in [-0.39, 0.29) is 5.75 Å². The van der Waals surface area contributed by atoms with Crippen LogP contribution < -0.4 is 10.6 Å². The third-order valence-electron chi connectivity index (χ3n) is 2.17. The summed E-state index contributed by atoms with van der Waals surface area (Å²) in [5.41, 5.74) is 0. The summed E-state index contributed by atoms with van der Waals surface area (Å²) >= 11 is 1.19. The molecule has 1 aromatic carbocycles. The number of imide groups is 1. The van der Waals surface area contributed by atoms with Crippen molar-refractivity contribution < 1.29 is 32.3 Å². The van der Waals surface area contributed by atoms with Crippen molar-refractivity contribution in [2.24, 2.45) is 0 Å². The number of carbonyl (C=O) groups excluding carboxylic acids is 3. The van der Waals surface area contributed by atoms with Crippen molar-refractivity contribution in [3.63, 3.8) is 0 Å². The van der Waals surface area contributed by atoms with Gasteiger partial charge in [-0.3, -0.25) is 14.9 Å². The van der Waals surface area contributed by atoms with Crippen LogP contribution in [0.15, 0.2) is 35.2 Å². The number of esters is 1. The number of benzene rings is 1. The number of hydrogen-bond donors (Lipinski definition) is 2. The number of ether oxygens (including phenoxy) is 1. The molecule has 0 heterocycles. The van der Waals surface area contributed by atoms with E-state index in [0.717, 1.165) is 4.90 Å². The van der Waals surface area contributed by atoms with E-state index in [0.29, 0.717) is 0 Å². The van der Waals surface area contributed by atoms with Gasteiger partial charge >= 0.3 is 18.2 Å². The number of hydrogen-bond acceptors (Lipinski definition) is 5.